The molecule has 0 bridgehead atoms. The van der Waals surface area contributed by atoms with Crippen LogP contribution < -0.4 is 0 Å². The van der Waals surface area contributed by atoms with Crippen LogP contribution in [0.25, 0.3) is 22.3 Å². The van der Waals surface area contributed by atoms with E-state index in [2.05, 4.69) is 31.0 Å². The molecule has 0 radical (unpaired) electrons. The number of piperazine rings is 1. The third kappa shape index (κ3) is 3.39. The minimum Gasteiger partial charge on any atom is -0.346 e. The van der Waals surface area contributed by atoms with Gasteiger partial charge in [-0.3, -0.25) is 9.58 Å². The van der Waals surface area contributed by atoms with Crippen molar-refractivity contribution in [2.45, 2.75) is 30.8 Å². The average molecular weight is 434 g/mol. The molecule has 3 aromatic rings. The van der Waals surface area contributed by atoms with Crippen molar-refractivity contribution in [2.24, 2.45) is 0 Å². The Hall–Kier alpha value is -3.45. The molecule has 32 heavy (non-hydrogen) atoms. The topological polar surface area (TPSA) is 110 Å². The number of aromatic nitrogens is 5. The number of nitrogens with zero attached hydrogens (tertiary/aromatic N) is 8. The Balaban J connectivity index is 1.30. The van der Waals surface area contributed by atoms with E-state index in [1.807, 2.05) is 34.2 Å². The SMILES string of the molecule is CN(C)C(=O)N1CCN([C@H]2C[C@](CC#N)(n3cc(-c4ncnc5[nH]ccc45)cn3)C2)CC1. The number of aromatic amines is 1. The van der Waals surface area contributed by atoms with E-state index < -0.39 is 0 Å². The molecule has 1 N–H and O–H groups in total. The number of nitrogens with one attached hydrogen (secondary N) is 1. The quantitative estimate of drug-likeness (QED) is 0.673. The molecule has 0 unspecified atom stereocenters. The van der Waals surface area contributed by atoms with Gasteiger partial charge in [0.25, 0.3) is 0 Å². The zero-order valence-corrected chi connectivity index (χ0v) is 18.4. The summed E-state index contributed by atoms with van der Waals surface area (Å²) in [5.41, 5.74) is 2.27. The van der Waals surface area contributed by atoms with Crippen LogP contribution in [0.1, 0.15) is 19.3 Å². The molecule has 10 nitrogen and oxygen atoms in total. The molecular formula is C22H27N9O. The van der Waals surface area contributed by atoms with Crippen LogP contribution in [0.4, 0.5) is 4.79 Å². The predicted octanol–water partition coefficient (Wildman–Crippen LogP) is 1.89. The Morgan fingerprint density at radius 1 is 1.28 bits per heavy atom. The van der Waals surface area contributed by atoms with Gasteiger partial charge in [0.15, 0.2) is 0 Å². The summed E-state index contributed by atoms with van der Waals surface area (Å²) in [6.07, 6.45) is 9.43. The van der Waals surface area contributed by atoms with Crippen molar-refractivity contribution >= 4 is 17.1 Å². The molecule has 2 amide bonds. The lowest BCUT2D eigenvalue weighted by Crippen LogP contribution is -2.61. The standard InChI is InChI=1S/C22H27N9O/c1-28(2)21(32)30-9-7-29(8-10-30)17-11-22(12-17,4-5-23)31-14-16(13-27-31)19-18-3-6-24-20(18)26-15-25-19/h3,6,13-15,17H,4,7-12H2,1-2H3,(H,24,25,26)/t17-,22-. The summed E-state index contributed by atoms with van der Waals surface area (Å²) in [5.74, 6) is 0. The number of hydrogen-bond donors (Lipinski definition) is 1. The fourth-order valence-corrected chi connectivity index (χ4v) is 5.00. The van der Waals surface area contributed by atoms with Gasteiger partial charge in [-0.25, -0.2) is 14.8 Å². The molecule has 10 heteroatoms. The summed E-state index contributed by atoms with van der Waals surface area (Å²) in [7, 11) is 3.58. The first kappa shape index (κ1) is 20.5. The number of amides is 2. The third-order valence-corrected chi connectivity index (χ3v) is 6.82. The highest BCUT2D eigenvalue weighted by atomic mass is 16.2. The van der Waals surface area contributed by atoms with E-state index in [9.17, 15) is 10.1 Å². The van der Waals surface area contributed by atoms with E-state index in [1.54, 1.807) is 25.3 Å². The molecule has 0 atom stereocenters. The molecule has 1 saturated carbocycles. The summed E-state index contributed by atoms with van der Waals surface area (Å²) >= 11 is 0. The van der Waals surface area contributed by atoms with Gasteiger partial charge in [-0.05, 0) is 18.9 Å². The number of hydrogen-bond acceptors (Lipinski definition) is 6. The second-order valence-electron chi connectivity index (χ2n) is 8.96. The van der Waals surface area contributed by atoms with Gasteiger partial charge >= 0.3 is 6.03 Å². The highest BCUT2D eigenvalue weighted by Crippen LogP contribution is 2.45. The Morgan fingerprint density at radius 2 is 2.06 bits per heavy atom. The zero-order chi connectivity index (χ0) is 22.3. The maximum Gasteiger partial charge on any atom is 0.319 e. The molecule has 4 heterocycles. The van der Waals surface area contributed by atoms with Crippen LogP contribution in [0.5, 0.6) is 0 Å². The Labute approximate surface area is 186 Å². The summed E-state index contributed by atoms with van der Waals surface area (Å²) in [6.45, 7) is 3.21. The van der Waals surface area contributed by atoms with Crippen LogP contribution in [0.15, 0.2) is 31.0 Å². The van der Waals surface area contributed by atoms with E-state index in [0.29, 0.717) is 12.5 Å². The number of nitriles is 1. The Bertz CT molecular complexity index is 1160. The van der Waals surface area contributed by atoms with Crippen molar-refractivity contribution in [3.8, 4) is 17.3 Å². The van der Waals surface area contributed by atoms with Gasteiger partial charge in [0.05, 0.1) is 29.9 Å². The molecule has 1 aliphatic carbocycles. The summed E-state index contributed by atoms with van der Waals surface area (Å²) in [4.78, 5) is 30.0. The molecule has 166 valence electrons. The van der Waals surface area contributed by atoms with Crippen molar-refractivity contribution in [1.29, 1.82) is 5.26 Å². The number of urea groups is 1. The summed E-state index contributed by atoms with van der Waals surface area (Å²) in [5, 5.41) is 15.1. The van der Waals surface area contributed by atoms with E-state index in [1.165, 1.54) is 0 Å². The van der Waals surface area contributed by atoms with Crippen molar-refractivity contribution in [3.05, 3.63) is 31.0 Å². The molecule has 3 aromatic heterocycles. The van der Waals surface area contributed by atoms with Gasteiger partial charge in [-0.2, -0.15) is 10.4 Å². The lowest BCUT2D eigenvalue weighted by atomic mass is 9.70. The van der Waals surface area contributed by atoms with E-state index in [0.717, 1.165) is 61.3 Å². The van der Waals surface area contributed by atoms with Crippen molar-refractivity contribution in [1.82, 2.24) is 39.4 Å². The van der Waals surface area contributed by atoms with Gasteiger partial charge in [-0.1, -0.05) is 0 Å². The molecule has 5 rings (SSSR count). The van der Waals surface area contributed by atoms with Crippen molar-refractivity contribution in [3.63, 3.8) is 0 Å². The van der Waals surface area contributed by atoms with Gasteiger partial charge in [0.1, 0.15) is 12.0 Å². The second-order valence-corrected chi connectivity index (χ2v) is 8.96. The fourth-order valence-electron chi connectivity index (χ4n) is 5.00. The molecule has 1 aliphatic heterocycles. The fraction of sp³-hybridized carbons (Fsp3) is 0.500. The van der Waals surface area contributed by atoms with Gasteiger partial charge < -0.3 is 14.8 Å². The van der Waals surface area contributed by atoms with Crippen LogP contribution >= 0.6 is 0 Å². The van der Waals surface area contributed by atoms with Crippen LogP contribution in [0.2, 0.25) is 0 Å². The van der Waals surface area contributed by atoms with Gasteiger partial charge in [0.2, 0.25) is 0 Å². The minimum atomic E-state index is -0.293. The number of H-pyrrole nitrogens is 1. The maximum atomic E-state index is 12.2. The molecule has 2 fully saturated rings. The van der Waals surface area contributed by atoms with E-state index in [4.69, 9.17) is 0 Å². The highest BCUT2D eigenvalue weighted by Gasteiger charge is 2.49. The van der Waals surface area contributed by atoms with Crippen LogP contribution in [-0.2, 0) is 5.54 Å². The minimum absolute atomic E-state index is 0.0717. The first-order chi connectivity index (χ1) is 15.5. The maximum absolute atomic E-state index is 12.2. The predicted molar refractivity (Wildman–Crippen MR) is 119 cm³/mol. The van der Waals surface area contributed by atoms with Crippen LogP contribution in [0.3, 0.4) is 0 Å². The van der Waals surface area contributed by atoms with E-state index >= 15 is 0 Å². The average Bonchev–Trinajstić information content (AvgIpc) is 3.45. The lowest BCUT2D eigenvalue weighted by Gasteiger charge is -2.52. The summed E-state index contributed by atoms with van der Waals surface area (Å²) < 4.78 is 1.97. The summed E-state index contributed by atoms with van der Waals surface area (Å²) in [6, 6.07) is 4.82. The normalized spacial score (nSPS) is 23.7. The molecule has 0 aromatic carbocycles. The smallest absolute Gasteiger partial charge is 0.319 e. The monoisotopic (exact) mass is 433 g/mol. The zero-order valence-electron chi connectivity index (χ0n) is 18.4. The number of carbonyl (C=O) groups is 1. The Kier molecular flexibility index (Phi) is 5.06. The van der Waals surface area contributed by atoms with Gasteiger partial charge in [0, 0.05) is 69.7 Å². The largest absolute Gasteiger partial charge is 0.346 e. The van der Waals surface area contributed by atoms with Crippen LogP contribution in [-0.4, -0.2) is 91.8 Å². The molecule has 0 spiro atoms. The first-order valence-electron chi connectivity index (χ1n) is 10.9. The second kappa shape index (κ2) is 7.91. The van der Waals surface area contributed by atoms with Gasteiger partial charge in [-0.15, -0.1) is 0 Å². The molecule has 1 saturated heterocycles. The number of fused-ring (bicyclic) bond motifs is 1. The third-order valence-electron chi connectivity index (χ3n) is 6.82. The lowest BCUT2D eigenvalue weighted by molar-refractivity contribution is -0.0141. The number of rotatable bonds is 4. The van der Waals surface area contributed by atoms with E-state index in [-0.39, 0.29) is 11.6 Å². The molecule has 2 aliphatic rings. The highest BCUT2D eigenvalue weighted by molar-refractivity contribution is 5.90. The van der Waals surface area contributed by atoms with Crippen LogP contribution in [0, 0.1) is 11.3 Å². The first-order valence-corrected chi connectivity index (χ1v) is 10.9. The Morgan fingerprint density at radius 3 is 2.78 bits per heavy atom. The van der Waals surface area contributed by atoms with Crippen molar-refractivity contribution < 1.29 is 4.79 Å². The number of carbonyl (C=O) groups excluding carboxylic acids is 1. The molecular weight excluding hydrogens is 406 g/mol. The van der Waals surface area contributed by atoms with Crippen molar-refractivity contribution in [2.75, 3.05) is 40.3 Å².